The average Bonchev–Trinajstić information content (AvgIpc) is 2.15. The second kappa shape index (κ2) is 4.68. The summed E-state index contributed by atoms with van der Waals surface area (Å²) in [4.78, 5) is 0.0132. The molecular formula is C8H9ClFNO3S2. The molecule has 0 saturated carbocycles. The van der Waals surface area contributed by atoms with Crippen LogP contribution in [0, 0.1) is 5.82 Å². The molecule has 1 atom stereocenters. The number of rotatable bonds is 3. The van der Waals surface area contributed by atoms with E-state index in [4.69, 9.17) is 10.7 Å². The minimum absolute atomic E-state index is 0.0132. The van der Waals surface area contributed by atoms with Gasteiger partial charge in [-0.3, -0.25) is 0 Å². The first kappa shape index (κ1) is 13.4. The molecule has 1 unspecified atom stereocenters. The summed E-state index contributed by atoms with van der Waals surface area (Å²) in [6.45, 7) is 1.48. The normalized spacial score (nSPS) is 15.4. The Hall–Kier alpha value is -0.660. The van der Waals surface area contributed by atoms with Gasteiger partial charge in [0.2, 0.25) is 0 Å². The summed E-state index contributed by atoms with van der Waals surface area (Å²) >= 11 is 0. The third-order valence-corrected chi connectivity index (χ3v) is 5.72. The Labute approximate surface area is 98.2 Å². The molecule has 8 heteroatoms. The number of halogens is 2. The van der Waals surface area contributed by atoms with Gasteiger partial charge in [0.25, 0.3) is 0 Å². The van der Waals surface area contributed by atoms with Gasteiger partial charge in [0.05, 0.1) is 14.6 Å². The van der Waals surface area contributed by atoms with Crippen molar-refractivity contribution in [2.75, 3.05) is 5.75 Å². The monoisotopic (exact) mass is 285 g/mol. The van der Waals surface area contributed by atoms with Crippen LogP contribution in [0.1, 0.15) is 6.92 Å². The van der Waals surface area contributed by atoms with Gasteiger partial charge in [-0.2, -0.15) is 8.42 Å². The third-order valence-electron chi connectivity index (χ3n) is 1.77. The number of hydrogen-bond acceptors (Lipinski definition) is 3. The molecule has 90 valence electrons. The summed E-state index contributed by atoms with van der Waals surface area (Å²) in [6, 6.07) is 4.82. The second-order valence-corrected chi connectivity index (χ2v) is 7.79. The summed E-state index contributed by atoms with van der Waals surface area (Å²) in [5, 5.41) is 0. The summed E-state index contributed by atoms with van der Waals surface area (Å²) in [7, 11) is -2.56. The van der Waals surface area contributed by atoms with Gasteiger partial charge >= 0.3 is 9.24 Å². The molecule has 0 fully saturated rings. The van der Waals surface area contributed by atoms with Crippen molar-refractivity contribution in [1.29, 1.82) is 0 Å². The molecule has 0 aliphatic heterocycles. The molecule has 0 amide bonds. The highest BCUT2D eigenvalue weighted by molar-refractivity contribution is 8.17. The fourth-order valence-corrected chi connectivity index (χ4v) is 4.73. The van der Waals surface area contributed by atoms with Crippen molar-refractivity contribution in [3.05, 3.63) is 30.1 Å². The molecule has 1 aromatic rings. The average molecular weight is 286 g/mol. The molecule has 0 aliphatic rings. The molecule has 16 heavy (non-hydrogen) atoms. The number of hydrogen-bond donors (Lipinski definition) is 0. The fourth-order valence-electron chi connectivity index (χ4n) is 1.07. The molecule has 0 saturated heterocycles. The zero-order chi connectivity index (χ0) is 12.4. The standard InChI is InChI=1S/C8H9ClFNO3S2/c1-2-15(12,11-16(9,13)14)8-5-3-4-7(10)6-8/h3-6H,2H2,1H3. The molecule has 1 rings (SSSR count). The predicted molar refractivity (Wildman–Crippen MR) is 60.6 cm³/mol. The van der Waals surface area contributed by atoms with Crippen molar-refractivity contribution in [2.24, 2.45) is 3.77 Å². The van der Waals surface area contributed by atoms with Crippen molar-refractivity contribution < 1.29 is 17.0 Å². The van der Waals surface area contributed by atoms with E-state index in [1.54, 1.807) is 0 Å². The maximum absolute atomic E-state index is 12.9. The first-order valence-corrected chi connectivity index (χ1v) is 8.18. The van der Waals surface area contributed by atoms with Crippen LogP contribution >= 0.6 is 10.7 Å². The molecule has 0 bridgehead atoms. The second-order valence-electron chi connectivity index (χ2n) is 2.87. The van der Waals surface area contributed by atoms with Gasteiger partial charge in [-0.05, 0) is 18.2 Å². The van der Waals surface area contributed by atoms with Crippen LogP contribution in [0.2, 0.25) is 0 Å². The molecule has 0 aliphatic carbocycles. The van der Waals surface area contributed by atoms with Gasteiger partial charge < -0.3 is 0 Å². The Morgan fingerprint density at radius 2 is 2.00 bits per heavy atom. The minimum atomic E-state index is -4.26. The van der Waals surface area contributed by atoms with Crippen molar-refractivity contribution in [3.8, 4) is 0 Å². The van der Waals surface area contributed by atoms with Crippen molar-refractivity contribution in [3.63, 3.8) is 0 Å². The Bertz CT molecular complexity index is 605. The molecular weight excluding hydrogens is 277 g/mol. The lowest BCUT2D eigenvalue weighted by Crippen LogP contribution is -2.06. The van der Waals surface area contributed by atoms with E-state index >= 15 is 0 Å². The quantitative estimate of drug-likeness (QED) is 0.800. The molecule has 4 nitrogen and oxygen atoms in total. The Kier molecular flexibility index (Phi) is 3.92. The Morgan fingerprint density at radius 1 is 1.38 bits per heavy atom. The third kappa shape index (κ3) is 3.43. The van der Waals surface area contributed by atoms with Gasteiger partial charge in [0.15, 0.2) is 0 Å². The minimum Gasteiger partial charge on any atom is -0.244 e. The SMILES string of the molecule is CCS(=O)(=NS(=O)(=O)Cl)c1cccc(F)c1. The molecule has 0 aromatic heterocycles. The summed E-state index contributed by atoms with van der Waals surface area (Å²) in [6.07, 6.45) is 0. The first-order valence-electron chi connectivity index (χ1n) is 4.23. The van der Waals surface area contributed by atoms with Gasteiger partial charge in [-0.1, -0.05) is 16.8 Å². The van der Waals surface area contributed by atoms with Crippen LogP contribution in [0.4, 0.5) is 4.39 Å². The van der Waals surface area contributed by atoms with E-state index in [2.05, 4.69) is 3.77 Å². The van der Waals surface area contributed by atoms with Crippen molar-refractivity contribution >= 4 is 29.6 Å². The predicted octanol–water partition coefficient (Wildman–Crippen LogP) is 2.16. The van der Waals surface area contributed by atoms with Crippen LogP contribution in [0.3, 0.4) is 0 Å². The highest BCUT2D eigenvalue weighted by Gasteiger charge is 2.15. The lowest BCUT2D eigenvalue weighted by molar-refractivity contribution is 0.610. The van der Waals surface area contributed by atoms with Crippen LogP contribution in [-0.4, -0.2) is 18.4 Å². The number of benzene rings is 1. The molecule has 1 aromatic carbocycles. The summed E-state index contributed by atoms with van der Waals surface area (Å²) in [5.74, 6) is -0.677. The highest BCUT2D eigenvalue weighted by atomic mass is 35.7. The van der Waals surface area contributed by atoms with E-state index in [1.165, 1.54) is 19.1 Å². The van der Waals surface area contributed by atoms with Crippen LogP contribution < -0.4 is 0 Å². The smallest absolute Gasteiger partial charge is 0.244 e. The Balaban J connectivity index is 3.50. The van der Waals surface area contributed by atoms with E-state index in [1.807, 2.05) is 0 Å². The Morgan fingerprint density at radius 3 is 2.44 bits per heavy atom. The number of nitrogens with zero attached hydrogens (tertiary/aromatic N) is 1. The lowest BCUT2D eigenvalue weighted by atomic mass is 10.4. The van der Waals surface area contributed by atoms with E-state index in [-0.39, 0.29) is 10.6 Å². The fraction of sp³-hybridized carbons (Fsp3) is 0.250. The topological polar surface area (TPSA) is 63.6 Å². The maximum Gasteiger partial charge on any atom is 0.347 e. The van der Waals surface area contributed by atoms with E-state index < -0.39 is 24.8 Å². The molecule has 0 N–H and O–H groups in total. The maximum atomic E-state index is 12.9. The van der Waals surface area contributed by atoms with Crippen LogP contribution in [0.15, 0.2) is 32.9 Å². The lowest BCUT2D eigenvalue weighted by Gasteiger charge is -2.06. The van der Waals surface area contributed by atoms with Crippen LogP contribution in [-0.2, 0) is 19.0 Å². The molecule has 0 spiro atoms. The van der Waals surface area contributed by atoms with Crippen LogP contribution in [0.5, 0.6) is 0 Å². The van der Waals surface area contributed by atoms with E-state index in [0.717, 1.165) is 12.1 Å². The van der Waals surface area contributed by atoms with Gasteiger partial charge in [0.1, 0.15) is 5.82 Å². The molecule has 0 radical (unpaired) electrons. The summed E-state index contributed by atoms with van der Waals surface area (Å²) < 4.78 is 49.7. The largest absolute Gasteiger partial charge is 0.347 e. The van der Waals surface area contributed by atoms with Gasteiger partial charge in [0, 0.05) is 16.4 Å². The first-order chi connectivity index (χ1) is 7.27. The van der Waals surface area contributed by atoms with Crippen molar-refractivity contribution in [1.82, 2.24) is 0 Å². The molecule has 0 heterocycles. The highest BCUT2D eigenvalue weighted by Crippen LogP contribution is 2.18. The van der Waals surface area contributed by atoms with Gasteiger partial charge in [-0.25, -0.2) is 8.60 Å². The zero-order valence-electron chi connectivity index (χ0n) is 8.26. The summed E-state index contributed by atoms with van der Waals surface area (Å²) in [5.41, 5.74) is 0. The van der Waals surface area contributed by atoms with E-state index in [0.29, 0.717) is 0 Å². The van der Waals surface area contributed by atoms with E-state index in [9.17, 15) is 17.0 Å². The zero-order valence-corrected chi connectivity index (χ0v) is 10.6. The van der Waals surface area contributed by atoms with Crippen molar-refractivity contribution in [2.45, 2.75) is 11.8 Å². The van der Waals surface area contributed by atoms with Gasteiger partial charge in [-0.15, -0.1) is 0 Å². The van der Waals surface area contributed by atoms with Crippen LogP contribution in [0.25, 0.3) is 0 Å².